The third-order valence-electron chi connectivity index (χ3n) is 11.2. The summed E-state index contributed by atoms with van der Waals surface area (Å²) in [7, 11) is -2.08. The van der Waals surface area contributed by atoms with Crippen LogP contribution in [0.3, 0.4) is 0 Å². The molecular weight excluding hydrogens is 580 g/mol. The van der Waals surface area contributed by atoms with E-state index in [0.29, 0.717) is 8.45 Å². The van der Waals surface area contributed by atoms with Gasteiger partial charge in [-0.1, -0.05) is 0 Å². The van der Waals surface area contributed by atoms with Gasteiger partial charge in [0.2, 0.25) is 0 Å². The van der Waals surface area contributed by atoms with Crippen molar-refractivity contribution in [2.24, 2.45) is 0 Å². The quantitative estimate of drug-likeness (QED) is 0.173. The number of hydrogen-bond acceptors (Lipinski definition) is 0. The van der Waals surface area contributed by atoms with Crippen molar-refractivity contribution in [2.75, 3.05) is 0 Å². The molecule has 0 aromatic heterocycles. The number of hydrogen-bond donors (Lipinski definition) is 0. The van der Waals surface area contributed by atoms with Crippen molar-refractivity contribution < 1.29 is 16.6 Å². The minimum atomic E-state index is -3.26. The van der Waals surface area contributed by atoms with E-state index in [1.54, 1.807) is 32.6 Å². The SMILES string of the molecule is C[Si]1(C)c2cccc3c2[CH](c2ccccc2-3)[Ti]([CH2]c2ccccc2)([CH2]c2ccccc2)[CH]2c3ccccc3-c3cccc1c32. The number of benzene rings is 6. The molecule has 0 nitrogen and oxygen atoms in total. The van der Waals surface area contributed by atoms with Gasteiger partial charge in [0.05, 0.1) is 0 Å². The van der Waals surface area contributed by atoms with Crippen LogP contribution < -0.4 is 10.4 Å². The number of rotatable bonds is 4. The molecule has 0 fully saturated rings. The fourth-order valence-electron chi connectivity index (χ4n) is 9.54. The topological polar surface area (TPSA) is 0 Å². The van der Waals surface area contributed by atoms with Crippen molar-refractivity contribution in [1.82, 2.24) is 0 Å². The molecule has 1 heterocycles. The summed E-state index contributed by atoms with van der Waals surface area (Å²) in [6.07, 6.45) is 0. The molecule has 6 aromatic rings. The molecule has 0 saturated heterocycles. The van der Waals surface area contributed by atoms with Gasteiger partial charge in [0, 0.05) is 0 Å². The Bertz CT molecular complexity index is 1910. The minimum absolute atomic E-state index is 0.460. The summed E-state index contributed by atoms with van der Waals surface area (Å²) in [4.78, 5) is 0. The van der Waals surface area contributed by atoms with Gasteiger partial charge in [0.1, 0.15) is 0 Å². The summed E-state index contributed by atoms with van der Waals surface area (Å²) in [5.74, 6) is 0. The van der Waals surface area contributed by atoms with Gasteiger partial charge in [-0.2, -0.15) is 0 Å². The van der Waals surface area contributed by atoms with Crippen LogP contribution in [0, 0.1) is 0 Å². The van der Waals surface area contributed by atoms with Gasteiger partial charge < -0.3 is 0 Å². The van der Waals surface area contributed by atoms with Gasteiger partial charge in [-0.3, -0.25) is 0 Å². The fourth-order valence-corrected chi connectivity index (χ4v) is 23.8. The monoisotopic (exact) mass is 616 g/mol. The molecule has 0 amide bonds. The number of fused-ring (bicyclic) bond motifs is 6. The molecule has 212 valence electrons. The van der Waals surface area contributed by atoms with Gasteiger partial charge in [0.15, 0.2) is 0 Å². The summed E-state index contributed by atoms with van der Waals surface area (Å²) in [6.45, 7) is 5.26. The Balaban J connectivity index is 1.48. The van der Waals surface area contributed by atoms with Crippen molar-refractivity contribution in [2.45, 2.75) is 31.0 Å². The van der Waals surface area contributed by atoms with Gasteiger partial charge in [0.25, 0.3) is 0 Å². The van der Waals surface area contributed by atoms with E-state index >= 15 is 0 Å². The van der Waals surface area contributed by atoms with Gasteiger partial charge in [-0.15, -0.1) is 0 Å². The molecule has 0 saturated carbocycles. The van der Waals surface area contributed by atoms with Crippen LogP contribution in [0.2, 0.25) is 13.1 Å². The summed E-state index contributed by atoms with van der Waals surface area (Å²) >= 11 is -3.26. The Kier molecular flexibility index (Phi) is 5.98. The van der Waals surface area contributed by atoms with Crippen LogP contribution in [-0.4, -0.2) is 8.07 Å². The first-order valence-corrected chi connectivity index (χ1v) is 23.1. The molecule has 9 rings (SSSR count). The molecule has 6 aromatic carbocycles. The van der Waals surface area contributed by atoms with Crippen LogP contribution in [0.25, 0.3) is 22.3 Å². The average Bonchev–Trinajstić information content (AvgIpc) is 3.59. The van der Waals surface area contributed by atoms with Crippen molar-refractivity contribution >= 4 is 18.4 Å². The van der Waals surface area contributed by atoms with Crippen molar-refractivity contribution in [3.63, 3.8) is 0 Å². The van der Waals surface area contributed by atoms with E-state index in [4.69, 9.17) is 0 Å². The van der Waals surface area contributed by atoms with Crippen molar-refractivity contribution in [1.29, 1.82) is 0 Å². The molecule has 0 bridgehead atoms. The van der Waals surface area contributed by atoms with E-state index in [1.807, 2.05) is 0 Å². The Labute approximate surface area is 265 Å². The molecule has 2 heteroatoms. The van der Waals surface area contributed by atoms with Crippen LogP contribution >= 0.6 is 0 Å². The molecule has 0 radical (unpaired) electrons. The van der Waals surface area contributed by atoms with Crippen LogP contribution in [0.5, 0.6) is 0 Å². The van der Waals surface area contributed by atoms with Crippen LogP contribution in [0.15, 0.2) is 146 Å². The molecule has 2 atom stereocenters. The molecule has 0 spiro atoms. The Morgan fingerprint density at radius 2 is 0.818 bits per heavy atom. The van der Waals surface area contributed by atoms with Gasteiger partial charge in [-0.05, 0) is 0 Å². The average molecular weight is 617 g/mol. The second-order valence-electron chi connectivity index (χ2n) is 13.8. The zero-order valence-corrected chi connectivity index (χ0v) is 28.0. The second-order valence-corrected chi connectivity index (χ2v) is 24.8. The Morgan fingerprint density at radius 3 is 1.27 bits per heavy atom. The zero-order chi connectivity index (χ0) is 29.5. The Morgan fingerprint density at radius 1 is 0.432 bits per heavy atom. The van der Waals surface area contributed by atoms with Gasteiger partial charge >= 0.3 is 267 Å². The van der Waals surface area contributed by atoms with Crippen LogP contribution in [-0.2, 0) is 26.0 Å². The fraction of sp³-hybridized carbons (Fsp3) is 0.143. The summed E-state index contributed by atoms with van der Waals surface area (Å²) in [6, 6.07) is 56.7. The van der Waals surface area contributed by atoms with Crippen LogP contribution in [0.4, 0.5) is 0 Å². The maximum atomic E-state index is 2.63. The molecule has 3 aliphatic rings. The third kappa shape index (κ3) is 3.67. The molecule has 44 heavy (non-hydrogen) atoms. The molecule has 0 N–H and O–H groups in total. The van der Waals surface area contributed by atoms with E-state index in [9.17, 15) is 0 Å². The molecule has 2 unspecified atom stereocenters. The summed E-state index contributed by atoms with van der Waals surface area (Å²) in [5, 5.41) is 3.32. The van der Waals surface area contributed by atoms with E-state index < -0.39 is 24.7 Å². The molecule has 1 aliphatic heterocycles. The molecular formula is C42H36SiTi. The maximum absolute atomic E-state index is 3.26. The van der Waals surface area contributed by atoms with E-state index in [1.165, 1.54) is 42.8 Å². The second kappa shape index (κ2) is 9.88. The van der Waals surface area contributed by atoms with E-state index in [-0.39, 0.29) is 0 Å². The standard InChI is InChI=1S/C28H22Si.2C7H7.Ti/c1-29(2,27-15-7-13-23-21-11-5-3-9-19(21)17-25(23)27)28-16-8-14-24-22-12-6-4-10-20(22)18-26(24)28;2*1-7-5-3-2-4-6-7;/h3-18H,1-2H3;2*2-6H,1H2;. The first-order chi connectivity index (χ1) is 21.6. The molecule has 2 aliphatic carbocycles. The van der Waals surface area contributed by atoms with Crippen LogP contribution in [0.1, 0.15) is 41.8 Å². The zero-order valence-electron chi connectivity index (χ0n) is 25.4. The van der Waals surface area contributed by atoms with Crippen molar-refractivity contribution in [3.8, 4) is 22.3 Å². The third-order valence-corrected chi connectivity index (χ3v) is 23.5. The van der Waals surface area contributed by atoms with E-state index in [2.05, 4.69) is 159 Å². The van der Waals surface area contributed by atoms with Crippen molar-refractivity contribution in [3.05, 3.63) is 179 Å². The summed E-state index contributed by atoms with van der Waals surface area (Å²) < 4.78 is 3.30. The summed E-state index contributed by atoms with van der Waals surface area (Å²) in [5.41, 5.74) is 15.6. The predicted octanol–water partition coefficient (Wildman–Crippen LogP) is 9.22. The first kappa shape index (κ1) is 26.6. The normalized spacial score (nSPS) is 19.2. The predicted molar refractivity (Wildman–Crippen MR) is 184 cm³/mol. The van der Waals surface area contributed by atoms with Gasteiger partial charge in [-0.25, -0.2) is 0 Å². The first-order valence-electron chi connectivity index (χ1n) is 16.1. The van der Waals surface area contributed by atoms with E-state index in [0.717, 1.165) is 0 Å². The Hall–Kier alpha value is -3.75.